The Morgan fingerprint density at radius 2 is 2.00 bits per heavy atom. The molecule has 64 valence electrons. The Bertz CT molecular complexity index is 142. The highest BCUT2D eigenvalue weighted by molar-refractivity contribution is 4.94. The van der Waals surface area contributed by atoms with Gasteiger partial charge in [-0.05, 0) is 31.1 Å². The van der Waals surface area contributed by atoms with Crippen molar-refractivity contribution in [2.75, 3.05) is 0 Å². The van der Waals surface area contributed by atoms with Crippen LogP contribution in [0.4, 0.5) is 0 Å². The van der Waals surface area contributed by atoms with E-state index in [0.29, 0.717) is 6.04 Å². The third-order valence-corrected chi connectivity index (χ3v) is 3.29. The molecule has 1 unspecified atom stereocenters. The fraction of sp³-hybridized carbons (Fsp3) is 1.00. The largest absolute Gasteiger partial charge is 0.311 e. The van der Waals surface area contributed by atoms with Gasteiger partial charge in [0.25, 0.3) is 0 Å². The van der Waals surface area contributed by atoms with Crippen molar-refractivity contribution in [2.24, 2.45) is 11.8 Å². The molecule has 2 fully saturated rings. The zero-order chi connectivity index (χ0) is 7.84. The van der Waals surface area contributed by atoms with E-state index in [1.54, 1.807) is 0 Å². The average Bonchev–Trinajstić information content (AvgIpc) is 2.45. The van der Waals surface area contributed by atoms with Gasteiger partial charge in [-0.25, -0.2) is 0 Å². The molecule has 2 rings (SSSR count). The molecule has 0 aliphatic heterocycles. The maximum atomic E-state index is 3.67. The molecule has 0 saturated heterocycles. The van der Waals surface area contributed by atoms with E-state index >= 15 is 0 Å². The van der Waals surface area contributed by atoms with Crippen molar-refractivity contribution in [2.45, 2.75) is 51.6 Å². The molecule has 0 aromatic heterocycles. The number of hydrogen-bond acceptors (Lipinski definition) is 1. The molecule has 11 heavy (non-hydrogen) atoms. The van der Waals surface area contributed by atoms with E-state index in [0.717, 1.165) is 17.9 Å². The summed E-state index contributed by atoms with van der Waals surface area (Å²) in [5.74, 6) is 2.11. The van der Waals surface area contributed by atoms with E-state index < -0.39 is 0 Å². The molecule has 2 aliphatic rings. The Morgan fingerprint density at radius 1 is 1.18 bits per heavy atom. The molecule has 0 amide bonds. The van der Waals surface area contributed by atoms with E-state index in [2.05, 4.69) is 19.2 Å². The Hall–Kier alpha value is -0.0400. The lowest BCUT2D eigenvalue weighted by Gasteiger charge is -2.24. The molecule has 2 saturated carbocycles. The van der Waals surface area contributed by atoms with Gasteiger partial charge in [-0.3, -0.25) is 0 Å². The standard InChI is InChI=1S/C10H19N/c1-7(2)11-10-6-8-3-4-9(10)5-8/h7-11H,3-6H2,1-2H3/t8-,9+,10?/m0/s1. The molecule has 1 heteroatoms. The summed E-state index contributed by atoms with van der Waals surface area (Å²) in [6, 6.07) is 1.55. The van der Waals surface area contributed by atoms with Gasteiger partial charge in [0, 0.05) is 12.1 Å². The second-order valence-corrected chi connectivity index (χ2v) is 4.60. The second kappa shape index (κ2) is 2.78. The highest BCUT2D eigenvalue weighted by Crippen LogP contribution is 2.44. The molecule has 0 heterocycles. The minimum absolute atomic E-state index is 0.680. The lowest BCUT2D eigenvalue weighted by Crippen LogP contribution is -2.38. The topological polar surface area (TPSA) is 12.0 Å². The molecule has 3 atom stereocenters. The summed E-state index contributed by atoms with van der Waals surface area (Å²) < 4.78 is 0. The lowest BCUT2D eigenvalue weighted by atomic mass is 9.95. The molecule has 0 radical (unpaired) electrons. The summed E-state index contributed by atoms with van der Waals surface area (Å²) >= 11 is 0. The van der Waals surface area contributed by atoms with Gasteiger partial charge in [0.1, 0.15) is 0 Å². The fourth-order valence-corrected chi connectivity index (χ4v) is 2.88. The highest BCUT2D eigenvalue weighted by atomic mass is 15.0. The van der Waals surface area contributed by atoms with E-state index in [-0.39, 0.29) is 0 Å². The van der Waals surface area contributed by atoms with Gasteiger partial charge in [0.05, 0.1) is 0 Å². The first kappa shape index (κ1) is 7.60. The van der Waals surface area contributed by atoms with E-state index in [4.69, 9.17) is 0 Å². The second-order valence-electron chi connectivity index (χ2n) is 4.60. The number of hydrogen-bond donors (Lipinski definition) is 1. The lowest BCUT2D eigenvalue weighted by molar-refractivity contribution is 0.332. The summed E-state index contributed by atoms with van der Waals surface area (Å²) in [4.78, 5) is 0. The van der Waals surface area contributed by atoms with Crippen molar-refractivity contribution in [1.82, 2.24) is 5.32 Å². The maximum absolute atomic E-state index is 3.67. The summed E-state index contributed by atoms with van der Waals surface area (Å²) in [6.07, 6.45) is 5.99. The van der Waals surface area contributed by atoms with E-state index in [1.165, 1.54) is 25.7 Å². The molecule has 2 bridgehead atoms. The van der Waals surface area contributed by atoms with Crippen molar-refractivity contribution in [3.05, 3.63) is 0 Å². The van der Waals surface area contributed by atoms with Crippen molar-refractivity contribution >= 4 is 0 Å². The first-order valence-electron chi connectivity index (χ1n) is 5.01. The summed E-state index contributed by atoms with van der Waals surface area (Å²) in [6.45, 7) is 4.51. The van der Waals surface area contributed by atoms with Crippen LogP contribution in [0.5, 0.6) is 0 Å². The Balaban J connectivity index is 1.87. The van der Waals surface area contributed by atoms with Crippen molar-refractivity contribution < 1.29 is 0 Å². The zero-order valence-corrected chi connectivity index (χ0v) is 7.64. The Labute approximate surface area is 69.6 Å². The smallest absolute Gasteiger partial charge is 0.0100 e. The van der Waals surface area contributed by atoms with Gasteiger partial charge in [-0.15, -0.1) is 0 Å². The molecule has 0 spiro atoms. The quantitative estimate of drug-likeness (QED) is 0.641. The SMILES string of the molecule is CC(C)NC1C[C@H]2CC[C@@H]1C2. The van der Waals surface area contributed by atoms with Crippen LogP contribution in [-0.2, 0) is 0 Å². The summed E-state index contributed by atoms with van der Waals surface area (Å²) in [7, 11) is 0. The van der Waals surface area contributed by atoms with E-state index in [9.17, 15) is 0 Å². The zero-order valence-electron chi connectivity index (χ0n) is 7.64. The van der Waals surface area contributed by atoms with Gasteiger partial charge >= 0.3 is 0 Å². The van der Waals surface area contributed by atoms with Crippen LogP contribution in [0.3, 0.4) is 0 Å². The van der Waals surface area contributed by atoms with Crippen LogP contribution in [0.25, 0.3) is 0 Å². The Kier molecular flexibility index (Phi) is 1.92. The predicted molar refractivity (Wildman–Crippen MR) is 47.5 cm³/mol. The normalized spacial score (nSPS) is 42.3. The number of fused-ring (bicyclic) bond motifs is 2. The average molecular weight is 153 g/mol. The van der Waals surface area contributed by atoms with Crippen molar-refractivity contribution in [3.8, 4) is 0 Å². The van der Waals surface area contributed by atoms with E-state index in [1.807, 2.05) is 0 Å². The predicted octanol–water partition coefficient (Wildman–Crippen LogP) is 2.17. The van der Waals surface area contributed by atoms with Gasteiger partial charge in [0.15, 0.2) is 0 Å². The molecule has 2 aliphatic carbocycles. The minimum Gasteiger partial charge on any atom is -0.311 e. The van der Waals surface area contributed by atoms with Gasteiger partial charge in [-0.2, -0.15) is 0 Å². The maximum Gasteiger partial charge on any atom is 0.0100 e. The number of rotatable bonds is 2. The van der Waals surface area contributed by atoms with Crippen LogP contribution >= 0.6 is 0 Å². The first-order valence-corrected chi connectivity index (χ1v) is 5.01. The van der Waals surface area contributed by atoms with Crippen molar-refractivity contribution in [3.63, 3.8) is 0 Å². The molecule has 0 aromatic rings. The van der Waals surface area contributed by atoms with Crippen LogP contribution in [0.2, 0.25) is 0 Å². The molecule has 1 N–H and O–H groups in total. The molecular formula is C10H19N. The molecule has 0 aromatic carbocycles. The van der Waals surface area contributed by atoms with Crippen molar-refractivity contribution in [1.29, 1.82) is 0 Å². The van der Waals surface area contributed by atoms with Crippen LogP contribution in [0.1, 0.15) is 39.5 Å². The fourth-order valence-electron chi connectivity index (χ4n) is 2.88. The monoisotopic (exact) mass is 153 g/mol. The van der Waals surface area contributed by atoms with Gasteiger partial charge < -0.3 is 5.32 Å². The van der Waals surface area contributed by atoms with Crippen LogP contribution in [0.15, 0.2) is 0 Å². The first-order chi connectivity index (χ1) is 5.25. The highest BCUT2D eigenvalue weighted by Gasteiger charge is 2.39. The minimum atomic E-state index is 0.680. The van der Waals surface area contributed by atoms with Gasteiger partial charge in [-0.1, -0.05) is 20.3 Å². The molecule has 1 nitrogen and oxygen atoms in total. The third-order valence-electron chi connectivity index (χ3n) is 3.29. The van der Waals surface area contributed by atoms with Crippen LogP contribution in [0, 0.1) is 11.8 Å². The summed E-state index contributed by atoms with van der Waals surface area (Å²) in [5.41, 5.74) is 0. The third kappa shape index (κ3) is 1.44. The number of nitrogens with one attached hydrogen (secondary N) is 1. The van der Waals surface area contributed by atoms with Crippen LogP contribution < -0.4 is 5.32 Å². The Morgan fingerprint density at radius 3 is 2.45 bits per heavy atom. The van der Waals surface area contributed by atoms with Gasteiger partial charge in [0.2, 0.25) is 0 Å². The van der Waals surface area contributed by atoms with Crippen LogP contribution in [-0.4, -0.2) is 12.1 Å². The molecular weight excluding hydrogens is 134 g/mol. The summed E-state index contributed by atoms with van der Waals surface area (Å²) in [5, 5.41) is 3.67.